The summed E-state index contributed by atoms with van der Waals surface area (Å²) in [6, 6.07) is 3.75. The molecule has 2 aliphatic carbocycles. The Bertz CT molecular complexity index is 1510. The Balaban J connectivity index is 1.59. The number of carbonyl (C=O) groups is 1. The van der Waals surface area contributed by atoms with Crippen LogP contribution in [0.3, 0.4) is 0 Å². The second kappa shape index (κ2) is 7.72. The van der Waals surface area contributed by atoms with Gasteiger partial charge in [-0.25, -0.2) is 18.2 Å². The minimum atomic E-state index is -4.27. The molecule has 2 aliphatic rings. The summed E-state index contributed by atoms with van der Waals surface area (Å²) < 4.78 is 36.0. The van der Waals surface area contributed by atoms with Gasteiger partial charge in [0, 0.05) is 6.20 Å². The van der Waals surface area contributed by atoms with E-state index < -0.39 is 32.7 Å². The van der Waals surface area contributed by atoms with Crippen LogP contribution < -0.4 is 0 Å². The monoisotopic (exact) mass is 578 g/mol. The molecule has 1 amide bonds. The predicted molar refractivity (Wildman–Crippen MR) is 131 cm³/mol. The Morgan fingerprint density at radius 2 is 1.97 bits per heavy atom. The molecule has 3 heterocycles. The van der Waals surface area contributed by atoms with Crippen LogP contribution in [0, 0.1) is 11.3 Å². The van der Waals surface area contributed by atoms with Gasteiger partial charge in [-0.05, 0) is 75.4 Å². The first-order chi connectivity index (χ1) is 16.3. The molecule has 3 aromatic rings. The van der Waals surface area contributed by atoms with Crippen molar-refractivity contribution in [2.24, 2.45) is 0 Å². The summed E-state index contributed by atoms with van der Waals surface area (Å²) in [6.07, 6.45) is 4.72. The highest BCUT2D eigenvalue weighted by atomic mass is 79.9. The fraction of sp³-hybridized carbons (Fsp3) is 0.500. The lowest BCUT2D eigenvalue weighted by molar-refractivity contribution is 0.0331. The van der Waals surface area contributed by atoms with E-state index in [1.54, 1.807) is 38.3 Å². The number of rotatable bonds is 5. The van der Waals surface area contributed by atoms with Crippen LogP contribution in [-0.2, 0) is 20.2 Å². The van der Waals surface area contributed by atoms with Crippen LogP contribution >= 0.6 is 27.3 Å². The number of halogens is 1. The number of amides is 1. The summed E-state index contributed by atoms with van der Waals surface area (Å²) >= 11 is 4.72. The predicted octanol–water partition coefficient (Wildman–Crippen LogP) is 4.65. The van der Waals surface area contributed by atoms with Crippen molar-refractivity contribution in [1.82, 2.24) is 23.9 Å². The average Bonchev–Trinajstić information content (AvgIpc) is 3.58. The largest absolute Gasteiger partial charge is 0.443 e. The average molecular weight is 580 g/mol. The van der Waals surface area contributed by atoms with Crippen molar-refractivity contribution in [2.45, 2.75) is 74.8 Å². The van der Waals surface area contributed by atoms with E-state index in [0.29, 0.717) is 38.7 Å². The van der Waals surface area contributed by atoms with Crippen LogP contribution in [0.4, 0.5) is 4.79 Å². The normalized spacial score (nSPS) is 18.2. The van der Waals surface area contributed by atoms with Crippen LogP contribution in [0.15, 0.2) is 27.8 Å². The molecule has 184 valence electrons. The van der Waals surface area contributed by atoms with Gasteiger partial charge in [0.25, 0.3) is 10.0 Å². The Labute approximate surface area is 215 Å². The Morgan fingerprint density at radius 3 is 2.54 bits per heavy atom. The van der Waals surface area contributed by atoms with E-state index in [1.165, 1.54) is 23.6 Å². The number of aromatic nitrogens is 4. The quantitative estimate of drug-likeness (QED) is 0.427. The fourth-order valence-corrected chi connectivity index (χ4v) is 7.19. The summed E-state index contributed by atoms with van der Waals surface area (Å²) in [5.74, 6) is 0. The lowest BCUT2D eigenvalue weighted by Crippen LogP contribution is -2.47. The van der Waals surface area contributed by atoms with E-state index in [9.17, 15) is 18.5 Å². The fourth-order valence-electron chi connectivity index (χ4n) is 3.74. The molecule has 13 heteroatoms. The number of nitrogens with zero attached hydrogens (tertiary/aromatic N) is 6. The first-order valence-corrected chi connectivity index (χ1v) is 14.1. The summed E-state index contributed by atoms with van der Waals surface area (Å²) in [6.45, 7) is 6.82. The third-order valence-corrected chi connectivity index (χ3v) is 9.74. The van der Waals surface area contributed by atoms with E-state index in [-0.39, 0.29) is 4.90 Å². The van der Waals surface area contributed by atoms with Crippen molar-refractivity contribution in [3.8, 4) is 16.8 Å². The van der Waals surface area contributed by atoms with E-state index in [2.05, 4.69) is 37.2 Å². The van der Waals surface area contributed by atoms with Gasteiger partial charge in [-0.3, -0.25) is 4.40 Å². The molecule has 2 saturated carbocycles. The van der Waals surface area contributed by atoms with E-state index in [4.69, 9.17) is 4.74 Å². The minimum absolute atomic E-state index is 0.0875. The van der Waals surface area contributed by atoms with Gasteiger partial charge < -0.3 is 4.74 Å². The molecule has 0 aromatic carbocycles. The van der Waals surface area contributed by atoms with Crippen molar-refractivity contribution in [1.29, 1.82) is 5.26 Å². The van der Waals surface area contributed by atoms with Gasteiger partial charge in [-0.15, -0.1) is 10.2 Å². The molecular weight excluding hydrogens is 556 g/mol. The topological polar surface area (TPSA) is 131 Å². The van der Waals surface area contributed by atoms with Crippen LogP contribution in [0.25, 0.3) is 16.3 Å². The molecule has 0 atom stereocenters. The lowest BCUT2D eigenvalue weighted by Gasteiger charge is -2.31. The first-order valence-electron chi connectivity index (χ1n) is 11.0. The van der Waals surface area contributed by atoms with Crippen LogP contribution in [0.5, 0.6) is 0 Å². The van der Waals surface area contributed by atoms with Crippen molar-refractivity contribution >= 4 is 49.0 Å². The molecule has 0 bridgehead atoms. The maximum absolute atomic E-state index is 13.8. The number of hydrogen-bond donors (Lipinski definition) is 0. The highest BCUT2D eigenvalue weighted by molar-refractivity contribution is 9.10. The molecule has 5 rings (SSSR count). The zero-order chi connectivity index (χ0) is 25.4. The molecule has 3 aromatic heterocycles. The van der Waals surface area contributed by atoms with E-state index in [0.717, 1.165) is 17.1 Å². The molecule has 0 N–H and O–H groups in total. The molecule has 0 spiro atoms. The zero-order valence-corrected chi connectivity index (χ0v) is 22.8. The van der Waals surface area contributed by atoms with Gasteiger partial charge in [-0.1, -0.05) is 11.3 Å². The van der Waals surface area contributed by atoms with E-state index in [1.807, 2.05) is 0 Å². The van der Waals surface area contributed by atoms with Gasteiger partial charge in [0.05, 0.1) is 22.3 Å². The number of carbonyl (C=O) groups excluding carboxylic acids is 1. The Morgan fingerprint density at radius 1 is 1.29 bits per heavy atom. The van der Waals surface area contributed by atoms with Gasteiger partial charge in [-0.2, -0.15) is 9.57 Å². The van der Waals surface area contributed by atoms with Crippen LogP contribution in [0.2, 0.25) is 0 Å². The summed E-state index contributed by atoms with van der Waals surface area (Å²) in [5, 5.41) is 19.1. The zero-order valence-electron chi connectivity index (χ0n) is 19.6. The lowest BCUT2D eigenvalue weighted by atomic mass is 10.1. The number of imidazole rings is 1. The number of pyridine rings is 1. The second-order valence-corrected chi connectivity index (χ2v) is 13.8. The summed E-state index contributed by atoms with van der Waals surface area (Å²) in [5.41, 5.74) is -1.24. The molecule has 0 radical (unpaired) electrons. The van der Waals surface area contributed by atoms with Crippen molar-refractivity contribution in [2.75, 3.05) is 0 Å². The summed E-state index contributed by atoms with van der Waals surface area (Å²) in [7, 11) is -4.27. The number of sulfonamides is 1. The number of ether oxygens (including phenoxy) is 1. The number of nitriles is 1. The van der Waals surface area contributed by atoms with Gasteiger partial charge in [0.15, 0.2) is 10.7 Å². The number of fused-ring (bicyclic) bond motifs is 1. The first kappa shape index (κ1) is 24.1. The molecular formula is C22H23BrN6O4S2. The Kier molecular flexibility index (Phi) is 5.32. The highest BCUT2D eigenvalue weighted by Crippen LogP contribution is 2.49. The van der Waals surface area contributed by atoms with E-state index >= 15 is 0 Å². The van der Waals surface area contributed by atoms with Gasteiger partial charge in [0.2, 0.25) is 0 Å². The highest BCUT2D eigenvalue weighted by Gasteiger charge is 2.54. The summed E-state index contributed by atoms with van der Waals surface area (Å²) in [4.78, 5) is 17.4. The SMILES string of the molecule is CC(C)(C)OC(=O)N(C1(C)CC1)S(=O)(=O)c1cc(Br)c2ncc(-c3nnc(C4(C#N)CC4)s3)n2c1. The number of hydrogen-bond acceptors (Lipinski definition) is 9. The maximum Gasteiger partial charge on any atom is 0.424 e. The minimum Gasteiger partial charge on any atom is -0.443 e. The van der Waals surface area contributed by atoms with Crippen LogP contribution in [-0.4, -0.2) is 49.5 Å². The van der Waals surface area contributed by atoms with Crippen molar-refractivity contribution < 1.29 is 17.9 Å². The van der Waals surface area contributed by atoms with Crippen LogP contribution in [0.1, 0.15) is 58.4 Å². The second-order valence-electron chi connectivity index (χ2n) is 10.2. The van der Waals surface area contributed by atoms with Crippen molar-refractivity contribution in [3.05, 3.63) is 27.9 Å². The third-order valence-electron chi connectivity index (χ3n) is 6.11. The van der Waals surface area contributed by atoms with Gasteiger partial charge in [0.1, 0.15) is 26.6 Å². The van der Waals surface area contributed by atoms with Crippen molar-refractivity contribution in [3.63, 3.8) is 0 Å². The smallest absolute Gasteiger partial charge is 0.424 e. The molecule has 0 saturated heterocycles. The molecule has 0 unspecified atom stereocenters. The standard InChI is InChI=1S/C22H23BrN6O4S2/c1-20(2,3)33-19(30)29(21(4)5-6-21)35(31,32)13-9-14(23)16-25-10-15(28(16)11-13)17-26-27-18(34-17)22(12-24)7-8-22/h9-11H,5-8H2,1-4H3. The molecule has 2 fully saturated rings. The Hall–Kier alpha value is -2.56. The molecule has 0 aliphatic heterocycles. The molecule has 10 nitrogen and oxygen atoms in total. The molecule has 35 heavy (non-hydrogen) atoms. The maximum atomic E-state index is 13.8. The van der Waals surface area contributed by atoms with Gasteiger partial charge >= 0.3 is 6.09 Å². The third kappa shape index (κ3) is 4.11.